The summed E-state index contributed by atoms with van der Waals surface area (Å²) in [4.78, 5) is 15.8. The van der Waals surface area contributed by atoms with Crippen LogP contribution in [-0.4, -0.2) is 11.0 Å². The number of aryl methyl sites for hydroxylation is 1. The van der Waals surface area contributed by atoms with Crippen molar-refractivity contribution in [3.63, 3.8) is 0 Å². The van der Waals surface area contributed by atoms with Crippen molar-refractivity contribution in [2.24, 2.45) is 0 Å². The molecule has 1 aromatic carbocycles. The quantitative estimate of drug-likeness (QED) is 0.866. The van der Waals surface area contributed by atoms with Crippen molar-refractivity contribution in [1.82, 2.24) is 4.98 Å². The van der Waals surface area contributed by atoms with Crippen LogP contribution in [-0.2, 0) is 0 Å². The SMILES string of the molecule is Cc1ccc(NC(=O)Nc2cccc(Cl)c2)nc1. The number of pyridine rings is 1. The summed E-state index contributed by atoms with van der Waals surface area (Å²) < 4.78 is 0. The largest absolute Gasteiger partial charge is 0.324 e. The van der Waals surface area contributed by atoms with Gasteiger partial charge in [0.05, 0.1) is 0 Å². The number of aromatic nitrogens is 1. The van der Waals surface area contributed by atoms with Gasteiger partial charge in [-0.05, 0) is 36.8 Å². The molecule has 18 heavy (non-hydrogen) atoms. The fourth-order valence-electron chi connectivity index (χ4n) is 1.39. The Labute approximate surface area is 110 Å². The van der Waals surface area contributed by atoms with Crippen molar-refractivity contribution in [1.29, 1.82) is 0 Å². The lowest BCUT2D eigenvalue weighted by atomic mass is 10.3. The van der Waals surface area contributed by atoms with Crippen molar-refractivity contribution in [2.45, 2.75) is 6.92 Å². The minimum Gasteiger partial charge on any atom is -0.308 e. The summed E-state index contributed by atoms with van der Waals surface area (Å²) in [5, 5.41) is 5.87. The molecule has 2 amide bonds. The molecule has 92 valence electrons. The zero-order valence-electron chi connectivity index (χ0n) is 9.77. The van der Waals surface area contributed by atoms with Gasteiger partial charge in [0.15, 0.2) is 0 Å². The van der Waals surface area contributed by atoms with Crippen molar-refractivity contribution in [3.8, 4) is 0 Å². The Morgan fingerprint density at radius 2 is 2.06 bits per heavy atom. The van der Waals surface area contributed by atoms with Gasteiger partial charge in [0.2, 0.25) is 0 Å². The Balaban J connectivity index is 1.98. The first-order valence-electron chi connectivity index (χ1n) is 5.40. The second-order valence-electron chi connectivity index (χ2n) is 3.81. The van der Waals surface area contributed by atoms with Crippen LogP contribution in [0.4, 0.5) is 16.3 Å². The van der Waals surface area contributed by atoms with E-state index in [0.717, 1.165) is 5.56 Å². The summed E-state index contributed by atoms with van der Waals surface area (Å²) in [5.41, 5.74) is 1.67. The highest BCUT2D eigenvalue weighted by Crippen LogP contribution is 2.15. The topological polar surface area (TPSA) is 54.0 Å². The van der Waals surface area contributed by atoms with E-state index >= 15 is 0 Å². The van der Waals surface area contributed by atoms with E-state index in [1.165, 1.54) is 0 Å². The molecule has 0 saturated carbocycles. The number of hydrogen-bond donors (Lipinski definition) is 2. The number of nitrogens with one attached hydrogen (secondary N) is 2. The normalized spacial score (nSPS) is 9.89. The number of benzene rings is 1. The fourth-order valence-corrected chi connectivity index (χ4v) is 1.58. The maximum Gasteiger partial charge on any atom is 0.324 e. The van der Waals surface area contributed by atoms with Crippen LogP contribution in [0.2, 0.25) is 5.02 Å². The van der Waals surface area contributed by atoms with E-state index in [4.69, 9.17) is 11.6 Å². The Morgan fingerprint density at radius 1 is 1.22 bits per heavy atom. The highest BCUT2D eigenvalue weighted by atomic mass is 35.5. The molecule has 0 fully saturated rings. The summed E-state index contributed by atoms with van der Waals surface area (Å²) >= 11 is 5.82. The van der Waals surface area contributed by atoms with Gasteiger partial charge >= 0.3 is 6.03 Å². The number of anilines is 2. The van der Waals surface area contributed by atoms with E-state index in [0.29, 0.717) is 16.5 Å². The molecule has 1 aromatic heterocycles. The number of carbonyl (C=O) groups excluding carboxylic acids is 1. The first-order valence-corrected chi connectivity index (χ1v) is 5.77. The van der Waals surface area contributed by atoms with E-state index in [-0.39, 0.29) is 6.03 Å². The van der Waals surface area contributed by atoms with Crippen molar-refractivity contribution >= 4 is 29.1 Å². The zero-order chi connectivity index (χ0) is 13.0. The number of halogens is 1. The standard InChI is InChI=1S/C13H12ClN3O/c1-9-5-6-12(15-8-9)17-13(18)16-11-4-2-3-10(14)7-11/h2-8H,1H3,(H2,15,16,17,18). The fraction of sp³-hybridized carbons (Fsp3) is 0.0769. The summed E-state index contributed by atoms with van der Waals surface area (Å²) in [6, 6.07) is 10.2. The van der Waals surface area contributed by atoms with Crippen LogP contribution in [0, 0.1) is 6.92 Å². The molecule has 0 spiro atoms. The van der Waals surface area contributed by atoms with E-state index < -0.39 is 0 Å². The maximum absolute atomic E-state index is 11.7. The van der Waals surface area contributed by atoms with Crippen LogP contribution in [0.5, 0.6) is 0 Å². The first-order chi connectivity index (χ1) is 8.63. The van der Waals surface area contributed by atoms with E-state index in [1.54, 1.807) is 36.5 Å². The summed E-state index contributed by atoms with van der Waals surface area (Å²) in [6.45, 7) is 1.93. The number of urea groups is 1. The van der Waals surface area contributed by atoms with Gasteiger partial charge in [0.25, 0.3) is 0 Å². The molecule has 1 heterocycles. The van der Waals surface area contributed by atoms with Gasteiger partial charge in [-0.1, -0.05) is 23.7 Å². The van der Waals surface area contributed by atoms with Crippen LogP contribution in [0.3, 0.4) is 0 Å². The molecule has 0 aliphatic heterocycles. The van der Waals surface area contributed by atoms with Crippen molar-refractivity contribution in [2.75, 3.05) is 10.6 Å². The van der Waals surface area contributed by atoms with Crippen LogP contribution in [0.1, 0.15) is 5.56 Å². The van der Waals surface area contributed by atoms with Gasteiger partial charge in [-0.3, -0.25) is 5.32 Å². The smallest absolute Gasteiger partial charge is 0.308 e. The van der Waals surface area contributed by atoms with Gasteiger partial charge in [-0.25, -0.2) is 9.78 Å². The third-order valence-electron chi connectivity index (χ3n) is 2.24. The molecule has 0 aliphatic carbocycles. The first kappa shape index (κ1) is 12.4. The Bertz CT molecular complexity index is 554. The predicted molar refractivity (Wildman–Crippen MR) is 73.1 cm³/mol. The second kappa shape index (κ2) is 5.51. The Morgan fingerprint density at radius 3 is 2.72 bits per heavy atom. The summed E-state index contributed by atoms with van der Waals surface area (Å²) in [5.74, 6) is 0.500. The monoisotopic (exact) mass is 261 g/mol. The predicted octanol–water partition coefficient (Wildman–Crippen LogP) is 3.69. The van der Waals surface area contributed by atoms with E-state index in [9.17, 15) is 4.79 Å². The van der Waals surface area contributed by atoms with Crippen molar-refractivity contribution in [3.05, 3.63) is 53.2 Å². The highest BCUT2D eigenvalue weighted by molar-refractivity contribution is 6.30. The molecule has 2 aromatic rings. The second-order valence-corrected chi connectivity index (χ2v) is 4.25. The van der Waals surface area contributed by atoms with Crippen LogP contribution < -0.4 is 10.6 Å². The average Bonchev–Trinajstić information content (AvgIpc) is 2.32. The van der Waals surface area contributed by atoms with E-state index in [2.05, 4.69) is 15.6 Å². The number of nitrogens with zero attached hydrogens (tertiary/aromatic N) is 1. The van der Waals surface area contributed by atoms with Crippen LogP contribution in [0.25, 0.3) is 0 Å². The van der Waals surface area contributed by atoms with E-state index in [1.807, 2.05) is 13.0 Å². The number of carbonyl (C=O) groups is 1. The Hall–Kier alpha value is -2.07. The summed E-state index contributed by atoms with van der Waals surface area (Å²) in [7, 11) is 0. The molecule has 0 aliphatic rings. The van der Waals surface area contributed by atoms with Gasteiger partial charge in [-0.2, -0.15) is 0 Å². The molecule has 0 bridgehead atoms. The zero-order valence-corrected chi connectivity index (χ0v) is 10.5. The minimum absolute atomic E-state index is 0.353. The Kier molecular flexibility index (Phi) is 3.79. The number of hydrogen-bond acceptors (Lipinski definition) is 2. The van der Waals surface area contributed by atoms with Gasteiger partial charge in [0.1, 0.15) is 5.82 Å². The summed E-state index contributed by atoms with van der Waals surface area (Å²) in [6.07, 6.45) is 1.69. The third-order valence-corrected chi connectivity index (χ3v) is 2.47. The molecule has 0 radical (unpaired) electrons. The van der Waals surface area contributed by atoms with Gasteiger partial charge < -0.3 is 5.32 Å². The lowest BCUT2D eigenvalue weighted by Crippen LogP contribution is -2.19. The van der Waals surface area contributed by atoms with Gasteiger partial charge in [-0.15, -0.1) is 0 Å². The molecular weight excluding hydrogens is 250 g/mol. The lowest BCUT2D eigenvalue weighted by Gasteiger charge is -2.07. The molecule has 5 heteroatoms. The highest BCUT2D eigenvalue weighted by Gasteiger charge is 2.03. The molecule has 4 nitrogen and oxygen atoms in total. The molecular formula is C13H12ClN3O. The minimum atomic E-state index is -0.353. The molecule has 0 saturated heterocycles. The average molecular weight is 262 g/mol. The molecule has 2 rings (SSSR count). The third kappa shape index (κ3) is 3.46. The maximum atomic E-state index is 11.7. The van der Waals surface area contributed by atoms with Crippen LogP contribution >= 0.6 is 11.6 Å². The molecule has 0 atom stereocenters. The number of rotatable bonds is 2. The molecule has 0 unspecified atom stereocenters. The van der Waals surface area contributed by atoms with Crippen LogP contribution in [0.15, 0.2) is 42.6 Å². The number of amides is 2. The van der Waals surface area contributed by atoms with Gasteiger partial charge in [0, 0.05) is 16.9 Å². The molecule has 2 N–H and O–H groups in total. The van der Waals surface area contributed by atoms with Crippen molar-refractivity contribution < 1.29 is 4.79 Å². The lowest BCUT2D eigenvalue weighted by molar-refractivity contribution is 0.262.